The fourth-order valence-corrected chi connectivity index (χ4v) is 0.717. The third-order valence-electron chi connectivity index (χ3n) is 1.71. The summed E-state index contributed by atoms with van der Waals surface area (Å²) in [6.07, 6.45) is -0.949. The van der Waals surface area contributed by atoms with Crippen LogP contribution < -0.4 is 0 Å². The highest BCUT2D eigenvalue weighted by Gasteiger charge is 2.55. The molecule has 0 saturated heterocycles. The Bertz CT molecular complexity index is 136. The topological polar surface area (TPSA) is 77.8 Å². The molecular formula is C5H8O4. The van der Waals surface area contributed by atoms with Crippen LogP contribution in [0.3, 0.4) is 0 Å². The molecule has 0 unspecified atom stereocenters. The lowest BCUT2D eigenvalue weighted by Crippen LogP contribution is -2.29. The van der Waals surface area contributed by atoms with Crippen molar-refractivity contribution in [3.63, 3.8) is 0 Å². The molecule has 52 valence electrons. The standard InChI is InChI=1S/C5H8O4/c6-3(7)5(1-2-5)4(8)9/h3,6-7H,1-2H2,(H,8,9). The average molecular weight is 132 g/mol. The van der Waals surface area contributed by atoms with Crippen molar-refractivity contribution in [1.29, 1.82) is 0 Å². The molecular weight excluding hydrogens is 124 g/mol. The molecule has 1 aliphatic rings. The van der Waals surface area contributed by atoms with Crippen LogP contribution in [0.1, 0.15) is 12.8 Å². The van der Waals surface area contributed by atoms with E-state index in [9.17, 15) is 4.79 Å². The van der Waals surface area contributed by atoms with Crippen LogP contribution in [-0.4, -0.2) is 27.6 Å². The van der Waals surface area contributed by atoms with Gasteiger partial charge in [0.1, 0.15) is 5.41 Å². The number of aliphatic carboxylic acids is 1. The molecule has 3 N–H and O–H groups in total. The minimum atomic E-state index is -1.70. The maximum Gasteiger partial charge on any atom is 0.314 e. The van der Waals surface area contributed by atoms with Gasteiger partial charge in [0.2, 0.25) is 0 Å². The van der Waals surface area contributed by atoms with Crippen molar-refractivity contribution in [3.05, 3.63) is 0 Å². The normalized spacial score (nSPS) is 22.1. The number of aliphatic hydroxyl groups excluding tert-OH is 1. The van der Waals surface area contributed by atoms with E-state index in [1.165, 1.54) is 0 Å². The van der Waals surface area contributed by atoms with Gasteiger partial charge in [0.15, 0.2) is 6.29 Å². The first-order valence-corrected chi connectivity index (χ1v) is 2.69. The second kappa shape index (κ2) is 1.68. The first-order valence-electron chi connectivity index (χ1n) is 2.69. The lowest BCUT2D eigenvalue weighted by atomic mass is 10.1. The first-order chi connectivity index (χ1) is 4.09. The van der Waals surface area contributed by atoms with Crippen LogP contribution in [0.25, 0.3) is 0 Å². The molecule has 0 bridgehead atoms. The van der Waals surface area contributed by atoms with Gasteiger partial charge in [-0.15, -0.1) is 0 Å². The number of rotatable bonds is 2. The average Bonchev–Trinajstić information content (AvgIpc) is 2.40. The van der Waals surface area contributed by atoms with Gasteiger partial charge in [0, 0.05) is 0 Å². The van der Waals surface area contributed by atoms with Gasteiger partial charge in [-0.05, 0) is 12.8 Å². The molecule has 0 spiro atoms. The Morgan fingerprint density at radius 2 is 1.89 bits per heavy atom. The minimum absolute atomic E-state index is 0.375. The van der Waals surface area contributed by atoms with Crippen molar-refractivity contribution in [2.75, 3.05) is 0 Å². The second-order valence-electron chi connectivity index (χ2n) is 2.33. The van der Waals surface area contributed by atoms with E-state index in [0.29, 0.717) is 12.8 Å². The molecule has 0 aliphatic heterocycles. The number of carbonyl (C=O) groups is 1. The molecule has 0 amide bonds. The Morgan fingerprint density at radius 1 is 1.44 bits per heavy atom. The highest BCUT2D eigenvalue weighted by atomic mass is 16.5. The smallest absolute Gasteiger partial charge is 0.314 e. The minimum Gasteiger partial charge on any atom is -0.481 e. The fourth-order valence-electron chi connectivity index (χ4n) is 0.717. The zero-order valence-corrected chi connectivity index (χ0v) is 4.74. The van der Waals surface area contributed by atoms with E-state index in [4.69, 9.17) is 15.3 Å². The Hall–Kier alpha value is -0.610. The van der Waals surface area contributed by atoms with E-state index in [1.807, 2.05) is 0 Å². The largest absolute Gasteiger partial charge is 0.481 e. The Kier molecular flexibility index (Phi) is 1.22. The van der Waals surface area contributed by atoms with Crippen molar-refractivity contribution < 1.29 is 20.1 Å². The van der Waals surface area contributed by atoms with E-state index in [1.54, 1.807) is 0 Å². The van der Waals surface area contributed by atoms with Crippen molar-refractivity contribution in [2.24, 2.45) is 5.41 Å². The molecule has 0 aromatic heterocycles. The molecule has 1 saturated carbocycles. The van der Waals surface area contributed by atoms with E-state index in [2.05, 4.69) is 0 Å². The number of hydrogen-bond acceptors (Lipinski definition) is 3. The predicted molar refractivity (Wildman–Crippen MR) is 27.5 cm³/mol. The zero-order valence-electron chi connectivity index (χ0n) is 4.74. The predicted octanol–water partition coefficient (Wildman–Crippen LogP) is -0.838. The number of carboxylic acids is 1. The first kappa shape index (κ1) is 6.51. The van der Waals surface area contributed by atoms with Gasteiger partial charge >= 0.3 is 5.97 Å². The van der Waals surface area contributed by atoms with Crippen LogP contribution in [0.2, 0.25) is 0 Å². The lowest BCUT2D eigenvalue weighted by Gasteiger charge is -2.09. The highest BCUT2D eigenvalue weighted by molar-refractivity contribution is 5.78. The molecule has 1 fully saturated rings. The maximum absolute atomic E-state index is 10.2. The molecule has 9 heavy (non-hydrogen) atoms. The molecule has 0 radical (unpaired) electrons. The summed E-state index contributed by atoms with van der Waals surface area (Å²) in [5.41, 5.74) is -1.22. The molecule has 0 aromatic rings. The Morgan fingerprint density at radius 3 is 1.89 bits per heavy atom. The summed E-state index contributed by atoms with van der Waals surface area (Å²) in [5.74, 6) is -1.11. The van der Waals surface area contributed by atoms with E-state index in [0.717, 1.165) is 0 Å². The monoisotopic (exact) mass is 132 g/mol. The van der Waals surface area contributed by atoms with Crippen molar-refractivity contribution in [1.82, 2.24) is 0 Å². The fraction of sp³-hybridized carbons (Fsp3) is 0.800. The molecule has 1 rings (SSSR count). The molecule has 4 heteroatoms. The highest BCUT2D eigenvalue weighted by Crippen LogP contribution is 2.48. The number of hydrogen-bond donors (Lipinski definition) is 3. The van der Waals surface area contributed by atoms with Crippen LogP contribution in [0.5, 0.6) is 0 Å². The van der Waals surface area contributed by atoms with Crippen molar-refractivity contribution in [3.8, 4) is 0 Å². The van der Waals surface area contributed by atoms with Gasteiger partial charge in [0.25, 0.3) is 0 Å². The van der Waals surface area contributed by atoms with Gasteiger partial charge in [0.05, 0.1) is 0 Å². The van der Waals surface area contributed by atoms with Gasteiger partial charge in [-0.2, -0.15) is 0 Å². The second-order valence-corrected chi connectivity index (χ2v) is 2.33. The molecule has 4 nitrogen and oxygen atoms in total. The zero-order chi connectivity index (χ0) is 7.07. The van der Waals surface area contributed by atoms with Crippen LogP contribution in [0.15, 0.2) is 0 Å². The molecule has 0 aromatic carbocycles. The Balaban J connectivity index is 2.63. The van der Waals surface area contributed by atoms with E-state index < -0.39 is 17.7 Å². The van der Waals surface area contributed by atoms with Gasteiger partial charge in [-0.25, -0.2) is 0 Å². The Labute approximate surface area is 51.7 Å². The summed E-state index contributed by atoms with van der Waals surface area (Å²) in [5, 5.41) is 25.3. The summed E-state index contributed by atoms with van der Waals surface area (Å²) < 4.78 is 0. The van der Waals surface area contributed by atoms with Gasteiger partial charge < -0.3 is 15.3 Å². The summed E-state index contributed by atoms with van der Waals surface area (Å²) in [6, 6.07) is 0. The van der Waals surface area contributed by atoms with Crippen molar-refractivity contribution in [2.45, 2.75) is 19.1 Å². The summed E-state index contributed by atoms with van der Waals surface area (Å²) in [6.45, 7) is 0. The summed E-state index contributed by atoms with van der Waals surface area (Å²) >= 11 is 0. The van der Waals surface area contributed by atoms with Gasteiger partial charge in [-0.3, -0.25) is 4.79 Å². The number of aliphatic hydroxyl groups is 2. The summed E-state index contributed by atoms with van der Waals surface area (Å²) in [4.78, 5) is 10.2. The van der Waals surface area contributed by atoms with Crippen LogP contribution in [0, 0.1) is 5.41 Å². The number of carboxylic acid groups (broad SMARTS) is 1. The summed E-state index contributed by atoms with van der Waals surface area (Å²) in [7, 11) is 0. The quantitative estimate of drug-likeness (QED) is 0.428. The van der Waals surface area contributed by atoms with Crippen molar-refractivity contribution >= 4 is 5.97 Å². The third kappa shape index (κ3) is 0.799. The van der Waals surface area contributed by atoms with E-state index in [-0.39, 0.29) is 0 Å². The molecule has 1 aliphatic carbocycles. The van der Waals surface area contributed by atoms with Crippen LogP contribution in [0.4, 0.5) is 0 Å². The van der Waals surface area contributed by atoms with Crippen LogP contribution in [-0.2, 0) is 4.79 Å². The molecule has 0 atom stereocenters. The molecule has 0 heterocycles. The van der Waals surface area contributed by atoms with Gasteiger partial charge in [-0.1, -0.05) is 0 Å². The van der Waals surface area contributed by atoms with E-state index >= 15 is 0 Å². The SMILES string of the molecule is O=C(O)C1(C(O)O)CC1. The van der Waals surface area contributed by atoms with Crippen LogP contribution >= 0.6 is 0 Å². The maximum atomic E-state index is 10.2. The third-order valence-corrected chi connectivity index (χ3v) is 1.71. The lowest BCUT2D eigenvalue weighted by molar-refractivity contribution is -0.163.